The summed E-state index contributed by atoms with van der Waals surface area (Å²) in [4.78, 5) is 26.3. The van der Waals surface area contributed by atoms with E-state index in [0.717, 1.165) is 30.4 Å². The number of hydrogen-bond donors (Lipinski definition) is 4. The van der Waals surface area contributed by atoms with E-state index in [1.165, 1.54) is 48.0 Å². The Bertz CT molecular complexity index is 1730. The van der Waals surface area contributed by atoms with Gasteiger partial charge in [0.05, 0.1) is 10.9 Å². The van der Waals surface area contributed by atoms with Gasteiger partial charge in [0.2, 0.25) is 10.0 Å². The lowest BCUT2D eigenvalue weighted by molar-refractivity contribution is 0.102. The van der Waals surface area contributed by atoms with Crippen molar-refractivity contribution in [3.8, 4) is 0 Å². The van der Waals surface area contributed by atoms with E-state index in [9.17, 15) is 18.0 Å². The minimum Gasteiger partial charge on any atom is -0.327 e. The largest absolute Gasteiger partial charge is 0.327 e. The van der Waals surface area contributed by atoms with Crippen LogP contribution in [0.15, 0.2) is 77.7 Å². The van der Waals surface area contributed by atoms with Crippen LogP contribution in [-0.2, 0) is 10.0 Å². The van der Waals surface area contributed by atoms with Crippen molar-refractivity contribution in [1.29, 1.82) is 0 Å². The minimum absolute atomic E-state index is 0.0659. The number of hydrogen-bond acceptors (Lipinski definition) is 7. The molecule has 1 aromatic heterocycles. The van der Waals surface area contributed by atoms with E-state index in [1.54, 1.807) is 42.5 Å². The van der Waals surface area contributed by atoms with Crippen molar-refractivity contribution in [1.82, 2.24) is 30.2 Å². The molecule has 4 aromatic rings. The Morgan fingerprint density at radius 2 is 1.50 bits per heavy atom. The van der Waals surface area contributed by atoms with Gasteiger partial charge >= 0.3 is 6.03 Å². The molecule has 3 aromatic carbocycles. The Kier molecular flexibility index (Phi) is 9.69. The molecule has 46 heavy (non-hydrogen) atoms. The number of sulfonamides is 1. The number of nitrogens with zero attached hydrogens (tertiary/aromatic N) is 4. The molecule has 1 unspecified atom stereocenters. The van der Waals surface area contributed by atoms with Crippen LogP contribution in [0, 0.1) is 0 Å². The van der Waals surface area contributed by atoms with Crippen molar-refractivity contribution in [2.75, 3.05) is 23.7 Å². The van der Waals surface area contributed by atoms with E-state index in [-0.39, 0.29) is 10.8 Å². The maximum atomic E-state index is 13.4. The van der Waals surface area contributed by atoms with Gasteiger partial charge in [0.25, 0.3) is 11.9 Å². The number of carbonyl (C=O) groups is 2. The SMILES string of the molecule is O=C(Nc1cccc(S(=O)(=O)N2CCCCC2)c1)NC(c1ccc(C(=O)Nc2nn[nH]n2)cc1)c1ccc(C2CCCCC2)cc1. The molecule has 0 radical (unpaired) electrons. The first-order valence-electron chi connectivity index (χ1n) is 15.8. The number of tetrazole rings is 1. The molecule has 4 N–H and O–H groups in total. The molecule has 1 aliphatic heterocycles. The molecule has 6 rings (SSSR count). The summed E-state index contributed by atoms with van der Waals surface area (Å²) >= 11 is 0. The second kappa shape index (κ2) is 14.2. The number of rotatable bonds is 9. The third-order valence-electron chi connectivity index (χ3n) is 8.74. The van der Waals surface area contributed by atoms with Crippen LogP contribution < -0.4 is 16.0 Å². The van der Waals surface area contributed by atoms with Crippen LogP contribution in [0.25, 0.3) is 0 Å². The summed E-state index contributed by atoms with van der Waals surface area (Å²) in [6, 6.07) is 20.6. The molecule has 12 nitrogen and oxygen atoms in total. The minimum atomic E-state index is -3.65. The zero-order valence-corrected chi connectivity index (χ0v) is 26.3. The molecular formula is C33H38N8O4S. The number of aromatic amines is 1. The Balaban J connectivity index is 1.21. The van der Waals surface area contributed by atoms with Gasteiger partial charge in [-0.05, 0) is 83.8 Å². The topological polar surface area (TPSA) is 162 Å². The van der Waals surface area contributed by atoms with E-state index < -0.39 is 28.0 Å². The van der Waals surface area contributed by atoms with Gasteiger partial charge in [-0.1, -0.05) is 73.2 Å². The van der Waals surface area contributed by atoms with Gasteiger partial charge in [0.15, 0.2) is 0 Å². The summed E-state index contributed by atoms with van der Waals surface area (Å²) in [6.07, 6.45) is 8.83. The van der Waals surface area contributed by atoms with Crippen LogP contribution in [-0.4, -0.2) is 58.4 Å². The normalized spacial score (nSPS) is 16.8. The third kappa shape index (κ3) is 7.43. The fourth-order valence-electron chi connectivity index (χ4n) is 6.26. The van der Waals surface area contributed by atoms with E-state index in [0.29, 0.717) is 30.3 Å². The average Bonchev–Trinajstić information content (AvgIpc) is 3.61. The standard InChI is InChI=1S/C33H38N8O4S/c42-31(36-32-37-39-40-38-32)27-18-16-26(17-19-27)30(25-14-12-24(13-15-25)23-8-3-1-4-9-23)35-33(43)34-28-10-7-11-29(22-28)46(44,45)41-20-5-2-6-21-41/h7,10-19,22-23,30H,1-6,8-9,20-21H2,(H2,34,35,43)(H2,36,37,38,39,40,42). The second-order valence-corrected chi connectivity index (χ2v) is 13.8. The number of benzene rings is 3. The monoisotopic (exact) mass is 642 g/mol. The van der Waals surface area contributed by atoms with Crippen LogP contribution in [0.5, 0.6) is 0 Å². The molecule has 2 fully saturated rings. The van der Waals surface area contributed by atoms with Gasteiger partial charge in [0, 0.05) is 24.3 Å². The first-order valence-corrected chi connectivity index (χ1v) is 17.2. The van der Waals surface area contributed by atoms with E-state index >= 15 is 0 Å². The fourth-order valence-corrected chi connectivity index (χ4v) is 7.82. The van der Waals surface area contributed by atoms with Crippen LogP contribution in [0.4, 0.5) is 16.4 Å². The number of anilines is 2. The molecule has 1 aliphatic carbocycles. The Morgan fingerprint density at radius 3 is 2.17 bits per heavy atom. The van der Waals surface area contributed by atoms with Crippen molar-refractivity contribution in [3.63, 3.8) is 0 Å². The molecule has 0 spiro atoms. The van der Waals surface area contributed by atoms with Gasteiger partial charge in [-0.2, -0.15) is 9.52 Å². The van der Waals surface area contributed by atoms with Gasteiger partial charge in [-0.25, -0.2) is 13.2 Å². The van der Waals surface area contributed by atoms with Crippen molar-refractivity contribution >= 4 is 33.6 Å². The lowest BCUT2D eigenvalue weighted by atomic mass is 9.83. The first-order chi connectivity index (χ1) is 22.4. The molecule has 2 aliphatic rings. The predicted octanol–water partition coefficient (Wildman–Crippen LogP) is 5.59. The highest BCUT2D eigenvalue weighted by Crippen LogP contribution is 2.34. The number of H-pyrrole nitrogens is 1. The lowest BCUT2D eigenvalue weighted by Crippen LogP contribution is -2.35. The zero-order valence-electron chi connectivity index (χ0n) is 25.5. The predicted molar refractivity (Wildman–Crippen MR) is 174 cm³/mol. The second-order valence-electron chi connectivity index (χ2n) is 11.8. The van der Waals surface area contributed by atoms with Crippen molar-refractivity contribution < 1.29 is 18.0 Å². The van der Waals surface area contributed by atoms with E-state index in [4.69, 9.17) is 0 Å². The van der Waals surface area contributed by atoms with Gasteiger partial charge in [-0.3, -0.25) is 10.1 Å². The van der Waals surface area contributed by atoms with Crippen molar-refractivity contribution in [2.24, 2.45) is 0 Å². The smallest absolute Gasteiger partial charge is 0.319 e. The number of urea groups is 1. The average molecular weight is 643 g/mol. The number of carbonyl (C=O) groups excluding carboxylic acids is 2. The quantitative estimate of drug-likeness (QED) is 0.185. The molecule has 1 atom stereocenters. The first kappa shape index (κ1) is 31.4. The van der Waals surface area contributed by atoms with E-state index in [1.807, 2.05) is 12.1 Å². The highest BCUT2D eigenvalue weighted by molar-refractivity contribution is 7.89. The molecule has 1 saturated heterocycles. The summed E-state index contributed by atoms with van der Waals surface area (Å²) < 4.78 is 28.0. The maximum Gasteiger partial charge on any atom is 0.319 e. The number of amides is 3. The van der Waals surface area contributed by atoms with Crippen LogP contribution in [0.1, 0.15) is 90.4 Å². The molecule has 0 bridgehead atoms. The lowest BCUT2D eigenvalue weighted by Gasteiger charge is -2.26. The molecule has 2 heterocycles. The summed E-state index contributed by atoms with van der Waals surface area (Å²) in [7, 11) is -3.65. The summed E-state index contributed by atoms with van der Waals surface area (Å²) in [6.45, 7) is 0.999. The number of aromatic nitrogens is 4. The summed E-state index contributed by atoms with van der Waals surface area (Å²) in [5, 5.41) is 21.7. The zero-order chi connectivity index (χ0) is 31.9. The molecule has 240 valence electrons. The highest BCUT2D eigenvalue weighted by Gasteiger charge is 2.26. The highest BCUT2D eigenvalue weighted by atomic mass is 32.2. The Morgan fingerprint density at radius 1 is 0.826 bits per heavy atom. The fraction of sp³-hybridized carbons (Fsp3) is 0.364. The van der Waals surface area contributed by atoms with Crippen LogP contribution >= 0.6 is 0 Å². The molecule has 13 heteroatoms. The van der Waals surface area contributed by atoms with Crippen molar-refractivity contribution in [2.45, 2.75) is 68.2 Å². The molecular weight excluding hydrogens is 604 g/mol. The molecule has 1 saturated carbocycles. The summed E-state index contributed by atoms with van der Waals surface area (Å²) in [5.41, 5.74) is 3.69. The molecule has 3 amide bonds. The van der Waals surface area contributed by atoms with Gasteiger partial charge in [0.1, 0.15) is 0 Å². The third-order valence-corrected chi connectivity index (χ3v) is 10.6. The van der Waals surface area contributed by atoms with Gasteiger partial charge < -0.3 is 10.6 Å². The van der Waals surface area contributed by atoms with Crippen LogP contribution in [0.3, 0.4) is 0 Å². The Labute approximate surface area is 268 Å². The van der Waals surface area contributed by atoms with E-state index in [2.05, 4.69) is 48.7 Å². The summed E-state index contributed by atoms with van der Waals surface area (Å²) in [5.74, 6) is 0.213. The Hall–Kier alpha value is -4.62. The van der Waals surface area contributed by atoms with Gasteiger partial charge in [-0.15, -0.1) is 5.10 Å². The maximum absolute atomic E-state index is 13.4. The van der Waals surface area contributed by atoms with Crippen molar-refractivity contribution in [3.05, 3.63) is 95.1 Å². The van der Waals surface area contributed by atoms with Crippen LogP contribution in [0.2, 0.25) is 0 Å². The number of piperidine rings is 1. The number of nitrogens with one attached hydrogen (secondary N) is 4.